The number of aromatic amines is 1. The van der Waals surface area contributed by atoms with Gasteiger partial charge in [0, 0.05) is 17.8 Å². The third kappa shape index (κ3) is 2.15. The van der Waals surface area contributed by atoms with Crippen LogP contribution >= 0.6 is 0 Å². The SMILES string of the molecule is CCCC(C(N)=O)(c1cccnc1)c1ccc2[nH]ncc2c1. The highest BCUT2D eigenvalue weighted by molar-refractivity contribution is 5.92. The summed E-state index contributed by atoms with van der Waals surface area (Å²) in [5.41, 5.74) is 7.62. The molecular formula is C17H18N4O. The van der Waals surface area contributed by atoms with Gasteiger partial charge in [-0.25, -0.2) is 0 Å². The van der Waals surface area contributed by atoms with E-state index >= 15 is 0 Å². The molecular weight excluding hydrogens is 276 g/mol. The van der Waals surface area contributed by atoms with Crippen LogP contribution in [0, 0.1) is 0 Å². The zero-order valence-electron chi connectivity index (χ0n) is 12.4. The van der Waals surface area contributed by atoms with Crippen molar-refractivity contribution in [2.45, 2.75) is 25.2 Å². The standard InChI is InChI=1S/C17H18N4O/c1-2-7-17(16(18)22,14-4-3-8-19-11-14)13-5-6-15-12(9-13)10-20-21-15/h3-6,8-11H,2,7H2,1H3,(H2,18,22)(H,20,21). The number of hydrogen-bond acceptors (Lipinski definition) is 3. The van der Waals surface area contributed by atoms with E-state index in [1.54, 1.807) is 18.6 Å². The molecule has 0 saturated carbocycles. The second-order valence-electron chi connectivity index (χ2n) is 5.43. The Morgan fingerprint density at radius 3 is 2.82 bits per heavy atom. The highest BCUT2D eigenvalue weighted by Crippen LogP contribution is 2.37. The van der Waals surface area contributed by atoms with Gasteiger partial charge in [0.1, 0.15) is 5.41 Å². The summed E-state index contributed by atoms with van der Waals surface area (Å²) < 4.78 is 0. The summed E-state index contributed by atoms with van der Waals surface area (Å²) in [4.78, 5) is 16.6. The average Bonchev–Trinajstić information content (AvgIpc) is 3.00. The van der Waals surface area contributed by atoms with Gasteiger partial charge in [0.25, 0.3) is 0 Å². The first kappa shape index (κ1) is 14.3. The van der Waals surface area contributed by atoms with Gasteiger partial charge in [-0.3, -0.25) is 14.9 Å². The third-order valence-electron chi connectivity index (χ3n) is 4.13. The molecule has 2 aromatic heterocycles. The molecule has 1 amide bonds. The van der Waals surface area contributed by atoms with E-state index in [0.717, 1.165) is 28.5 Å². The van der Waals surface area contributed by atoms with Crippen molar-refractivity contribution >= 4 is 16.8 Å². The van der Waals surface area contributed by atoms with Crippen LogP contribution < -0.4 is 5.73 Å². The highest BCUT2D eigenvalue weighted by Gasteiger charge is 2.40. The molecule has 22 heavy (non-hydrogen) atoms. The number of H-pyrrole nitrogens is 1. The Kier molecular flexibility index (Phi) is 3.63. The van der Waals surface area contributed by atoms with Crippen LogP contribution in [0.2, 0.25) is 0 Å². The van der Waals surface area contributed by atoms with Crippen LogP contribution in [0.15, 0.2) is 48.9 Å². The molecule has 2 heterocycles. The first-order chi connectivity index (χ1) is 10.7. The molecule has 0 aliphatic heterocycles. The molecule has 3 rings (SSSR count). The predicted molar refractivity (Wildman–Crippen MR) is 85.2 cm³/mol. The van der Waals surface area contributed by atoms with Crippen molar-refractivity contribution in [3.05, 3.63) is 60.0 Å². The predicted octanol–water partition coefficient (Wildman–Crippen LogP) is 2.53. The lowest BCUT2D eigenvalue weighted by molar-refractivity contribution is -0.122. The monoisotopic (exact) mass is 294 g/mol. The molecule has 3 aromatic rings. The number of carbonyl (C=O) groups is 1. The Hall–Kier alpha value is -2.69. The summed E-state index contributed by atoms with van der Waals surface area (Å²) in [6.07, 6.45) is 6.64. The minimum atomic E-state index is -0.867. The lowest BCUT2D eigenvalue weighted by atomic mass is 9.71. The van der Waals surface area contributed by atoms with E-state index in [9.17, 15) is 4.79 Å². The Morgan fingerprint density at radius 2 is 2.14 bits per heavy atom. The zero-order chi connectivity index (χ0) is 15.6. The van der Waals surface area contributed by atoms with Gasteiger partial charge < -0.3 is 5.73 Å². The van der Waals surface area contributed by atoms with Crippen molar-refractivity contribution in [3.63, 3.8) is 0 Å². The number of rotatable bonds is 5. The molecule has 0 fully saturated rings. The van der Waals surface area contributed by atoms with Crippen molar-refractivity contribution in [1.29, 1.82) is 0 Å². The molecule has 1 unspecified atom stereocenters. The third-order valence-corrected chi connectivity index (χ3v) is 4.13. The summed E-state index contributed by atoms with van der Waals surface area (Å²) in [6.45, 7) is 2.05. The Morgan fingerprint density at radius 1 is 1.27 bits per heavy atom. The summed E-state index contributed by atoms with van der Waals surface area (Å²) >= 11 is 0. The molecule has 1 atom stereocenters. The molecule has 0 radical (unpaired) electrons. The number of nitrogens with two attached hydrogens (primary N) is 1. The van der Waals surface area contributed by atoms with Crippen LogP contribution in [0.3, 0.4) is 0 Å². The van der Waals surface area contributed by atoms with Crippen molar-refractivity contribution in [3.8, 4) is 0 Å². The van der Waals surface area contributed by atoms with Crippen LogP contribution in [-0.2, 0) is 10.2 Å². The van der Waals surface area contributed by atoms with Gasteiger partial charge in [0.2, 0.25) is 5.91 Å². The minimum Gasteiger partial charge on any atom is -0.369 e. The van der Waals surface area contributed by atoms with Gasteiger partial charge in [-0.2, -0.15) is 5.10 Å². The van der Waals surface area contributed by atoms with E-state index in [1.807, 2.05) is 37.3 Å². The fraction of sp³-hybridized carbons (Fsp3) is 0.235. The Labute approximate surface area is 128 Å². The normalized spacial score (nSPS) is 13.9. The second-order valence-corrected chi connectivity index (χ2v) is 5.43. The van der Waals surface area contributed by atoms with E-state index in [0.29, 0.717) is 6.42 Å². The smallest absolute Gasteiger partial charge is 0.232 e. The Bertz CT molecular complexity index is 797. The number of nitrogens with one attached hydrogen (secondary N) is 1. The van der Waals surface area contributed by atoms with Crippen LogP contribution in [0.25, 0.3) is 10.9 Å². The average molecular weight is 294 g/mol. The number of amides is 1. The van der Waals surface area contributed by atoms with E-state index in [-0.39, 0.29) is 5.91 Å². The number of fused-ring (bicyclic) bond motifs is 1. The lowest BCUT2D eigenvalue weighted by Crippen LogP contribution is -2.42. The minimum absolute atomic E-state index is 0.356. The molecule has 3 N–H and O–H groups in total. The van der Waals surface area contributed by atoms with Crippen LogP contribution in [0.4, 0.5) is 0 Å². The fourth-order valence-corrected chi connectivity index (χ4v) is 3.06. The first-order valence-corrected chi connectivity index (χ1v) is 7.32. The van der Waals surface area contributed by atoms with E-state index < -0.39 is 5.41 Å². The van der Waals surface area contributed by atoms with Gasteiger partial charge in [0.15, 0.2) is 0 Å². The van der Waals surface area contributed by atoms with Crippen molar-refractivity contribution < 1.29 is 4.79 Å². The van der Waals surface area contributed by atoms with Gasteiger partial charge in [0.05, 0.1) is 11.7 Å². The number of carbonyl (C=O) groups excluding carboxylic acids is 1. The first-order valence-electron chi connectivity index (χ1n) is 7.32. The quantitative estimate of drug-likeness (QED) is 0.758. The molecule has 1 aromatic carbocycles. The topological polar surface area (TPSA) is 84.7 Å². The zero-order valence-corrected chi connectivity index (χ0v) is 12.4. The lowest BCUT2D eigenvalue weighted by Gasteiger charge is -2.31. The Balaban J connectivity index is 2.25. The maximum atomic E-state index is 12.5. The second kappa shape index (κ2) is 5.60. The maximum absolute atomic E-state index is 12.5. The van der Waals surface area contributed by atoms with Crippen molar-refractivity contribution in [2.75, 3.05) is 0 Å². The van der Waals surface area contributed by atoms with Crippen LogP contribution in [0.5, 0.6) is 0 Å². The fourth-order valence-electron chi connectivity index (χ4n) is 3.06. The number of pyridine rings is 1. The largest absolute Gasteiger partial charge is 0.369 e. The summed E-state index contributed by atoms with van der Waals surface area (Å²) in [5, 5.41) is 7.92. The van der Waals surface area contributed by atoms with Gasteiger partial charge >= 0.3 is 0 Å². The summed E-state index contributed by atoms with van der Waals surface area (Å²) in [5.74, 6) is -0.356. The van der Waals surface area contributed by atoms with Gasteiger partial charge in [-0.15, -0.1) is 0 Å². The number of nitrogens with zero attached hydrogens (tertiary/aromatic N) is 2. The summed E-state index contributed by atoms with van der Waals surface area (Å²) in [7, 11) is 0. The van der Waals surface area contributed by atoms with E-state index in [1.165, 1.54) is 0 Å². The van der Waals surface area contributed by atoms with Gasteiger partial charge in [-0.1, -0.05) is 25.5 Å². The molecule has 0 spiro atoms. The number of benzene rings is 1. The van der Waals surface area contributed by atoms with Gasteiger partial charge in [-0.05, 0) is 35.7 Å². The van der Waals surface area contributed by atoms with E-state index in [2.05, 4.69) is 15.2 Å². The molecule has 112 valence electrons. The van der Waals surface area contributed by atoms with Crippen LogP contribution in [-0.4, -0.2) is 21.1 Å². The molecule has 0 aliphatic carbocycles. The van der Waals surface area contributed by atoms with E-state index in [4.69, 9.17) is 5.73 Å². The molecule has 5 heteroatoms. The van der Waals surface area contributed by atoms with Crippen molar-refractivity contribution in [2.24, 2.45) is 5.73 Å². The van der Waals surface area contributed by atoms with Crippen LogP contribution in [0.1, 0.15) is 30.9 Å². The summed E-state index contributed by atoms with van der Waals surface area (Å²) in [6, 6.07) is 9.59. The maximum Gasteiger partial charge on any atom is 0.232 e. The molecule has 0 saturated heterocycles. The number of aromatic nitrogens is 3. The molecule has 5 nitrogen and oxygen atoms in total. The van der Waals surface area contributed by atoms with Crippen molar-refractivity contribution in [1.82, 2.24) is 15.2 Å². The number of hydrogen-bond donors (Lipinski definition) is 2. The molecule has 0 bridgehead atoms. The molecule has 0 aliphatic rings. The number of primary amides is 1. The highest BCUT2D eigenvalue weighted by atomic mass is 16.1.